The summed E-state index contributed by atoms with van der Waals surface area (Å²) in [6, 6.07) is 11.2. The van der Waals surface area contributed by atoms with E-state index in [1.54, 1.807) is 12.3 Å². The highest BCUT2D eigenvalue weighted by atomic mass is 35.5. The van der Waals surface area contributed by atoms with Gasteiger partial charge in [-0.2, -0.15) is 0 Å². The molecular weight excluding hydrogens is 307 g/mol. The molecule has 0 unspecified atom stereocenters. The minimum absolute atomic E-state index is 0.00183. The van der Waals surface area contributed by atoms with Crippen LogP contribution in [0.4, 0.5) is 0 Å². The molecule has 0 radical (unpaired) electrons. The van der Waals surface area contributed by atoms with Crippen molar-refractivity contribution in [2.45, 2.75) is 19.3 Å². The first-order valence-corrected chi connectivity index (χ1v) is 7.52. The smallest absolute Gasteiger partial charge is 0.220 e. The van der Waals surface area contributed by atoms with Crippen molar-refractivity contribution in [3.05, 3.63) is 63.9 Å². The van der Waals surface area contributed by atoms with E-state index in [4.69, 9.17) is 23.2 Å². The van der Waals surface area contributed by atoms with Crippen molar-refractivity contribution < 1.29 is 4.79 Å². The summed E-state index contributed by atoms with van der Waals surface area (Å²) < 4.78 is 0. The fourth-order valence-corrected chi connectivity index (χ4v) is 2.37. The van der Waals surface area contributed by atoms with Crippen LogP contribution in [0.3, 0.4) is 0 Å². The lowest BCUT2D eigenvalue weighted by atomic mass is 10.1. The topological polar surface area (TPSA) is 42.0 Å². The number of nitrogens with one attached hydrogen (secondary N) is 1. The Morgan fingerprint density at radius 2 is 1.95 bits per heavy atom. The van der Waals surface area contributed by atoms with Gasteiger partial charge in [0.1, 0.15) is 0 Å². The molecule has 2 rings (SSSR count). The molecule has 110 valence electrons. The van der Waals surface area contributed by atoms with Gasteiger partial charge in [0.05, 0.1) is 10.0 Å². The zero-order valence-corrected chi connectivity index (χ0v) is 13.0. The monoisotopic (exact) mass is 322 g/mol. The van der Waals surface area contributed by atoms with Gasteiger partial charge >= 0.3 is 0 Å². The second-order valence-corrected chi connectivity index (χ2v) is 5.42. The molecule has 0 aliphatic rings. The van der Waals surface area contributed by atoms with Gasteiger partial charge in [0, 0.05) is 31.3 Å². The number of rotatable bonds is 6. The third kappa shape index (κ3) is 5.03. The Hall–Kier alpha value is -1.58. The third-order valence-corrected chi connectivity index (χ3v) is 3.94. The lowest BCUT2D eigenvalue weighted by Gasteiger charge is -2.07. The molecule has 3 nitrogen and oxygen atoms in total. The number of amides is 1. The molecule has 1 heterocycles. The van der Waals surface area contributed by atoms with E-state index < -0.39 is 0 Å². The number of hydrogen-bond donors (Lipinski definition) is 1. The summed E-state index contributed by atoms with van der Waals surface area (Å²) in [5, 5.41) is 3.93. The third-order valence-electron chi connectivity index (χ3n) is 3.08. The number of carbonyl (C=O) groups excluding carboxylic acids is 1. The number of aromatic nitrogens is 1. The van der Waals surface area contributed by atoms with Crippen LogP contribution in [0.15, 0.2) is 42.6 Å². The molecule has 0 saturated heterocycles. The van der Waals surface area contributed by atoms with Gasteiger partial charge in [-0.05, 0) is 30.2 Å². The fourth-order valence-electron chi connectivity index (χ4n) is 1.95. The largest absolute Gasteiger partial charge is 0.356 e. The lowest BCUT2D eigenvalue weighted by molar-refractivity contribution is -0.121. The molecule has 0 aliphatic heterocycles. The molecule has 0 bridgehead atoms. The zero-order valence-electron chi connectivity index (χ0n) is 11.5. The lowest BCUT2D eigenvalue weighted by Crippen LogP contribution is -2.26. The van der Waals surface area contributed by atoms with Crippen molar-refractivity contribution in [1.29, 1.82) is 0 Å². The van der Waals surface area contributed by atoms with Crippen LogP contribution in [0.5, 0.6) is 0 Å². The molecule has 1 aromatic carbocycles. The molecule has 21 heavy (non-hydrogen) atoms. The van der Waals surface area contributed by atoms with Crippen LogP contribution in [0, 0.1) is 0 Å². The van der Waals surface area contributed by atoms with Crippen molar-refractivity contribution in [3.8, 4) is 0 Å². The quantitative estimate of drug-likeness (QED) is 0.881. The van der Waals surface area contributed by atoms with Gasteiger partial charge in [-0.3, -0.25) is 9.78 Å². The first-order valence-electron chi connectivity index (χ1n) is 6.76. The van der Waals surface area contributed by atoms with Gasteiger partial charge in [-0.1, -0.05) is 41.4 Å². The Labute approximate surface area is 134 Å². The van der Waals surface area contributed by atoms with E-state index in [1.807, 2.05) is 30.3 Å². The Balaban J connectivity index is 1.74. The summed E-state index contributed by atoms with van der Waals surface area (Å²) in [6.07, 6.45) is 3.44. The maximum Gasteiger partial charge on any atom is 0.220 e. The maximum atomic E-state index is 11.8. The summed E-state index contributed by atoms with van der Waals surface area (Å²) in [5.41, 5.74) is 1.86. The first kappa shape index (κ1) is 15.8. The van der Waals surface area contributed by atoms with Gasteiger partial charge in [-0.25, -0.2) is 0 Å². The Morgan fingerprint density at radius 1 is 1.10 bits per heavy atom. The number of carbonyl (C=O) groups is 1. The minimum Gasteiger partial charge on any atom is -0.356 e. The first-order chi connectivity index (χ1) is 10.2. The molecule has 1 N–H and O–H groups in total. The molecule has 0 fully saturated rings. The molecule has 1 amide bonds. The number of nitrogens with zero attached hydrogens (tertiary/aromatic N) is 1. The van der Waals surface area contributed by atoms with E-state index in [1.165, 1.54) is 0 Å². The SMILES string of the molecule is O=C(CCc1cccc(Cl)c1Cl)NCCc1ccccn1. The van der Waals surface area contributed by atoms with Crippen LogP contribution in [-0.2, 0) is 17.6 Å². The second kappa shape index (κ2) is 8.01. The number of benzene rings is 1. The summed E-state index contributed by atoms with van der Waals surface area (Å²) in [7, 11) is 0. The Morgan fingerprint density at radius 3 is 2.71 bits per heavy atom. The average molecular weight is 323 g/mol. The van der Waals surface area contributed by atoms with Crippen molar-refractivity contribution >= 4 is 29.1 Å². The standard InChI is InChI=1S/C16H16Cl2N2O/c17-14-6-3-4-12(16(14)18)7-8-15(21)20-11-9-13-5-1-2-10-19-13/h1-6,10H,7-9,11H2,(H,20,21). The predicted molar refractivity (Wildman–Crippen MR) is 85.7 cm³/mol. The molecule has 1 aromatic heterocycles. The van der Waals surface area contributed by atoms with Crippen LogP contribution < -0.4 is 5.32 Å². The number of halogens is 2. The normalized spacial score (nSPS) is 10.4. The van der Waals surface area contributed by atoms with E-state index >= 15 is 0 Å². The van der Waals surface area contributed by atoms with E-state index in [-0.39, 0.29) is 5.91 Å². The number of pyridine rings is 1. The average Bonchev–Trinajstić information content (AvgIpc) is 2.50. The van der Waals surface area contributed by atoms with Crippen LogP contribution in [-0.4, -0.2) is 17.4 Å². The van der Waals surface area contributed by atoms with Gasteiger partial charge < -0.3 is 5.32 Å². The highest BCUT2D eigenvalue weighted by molar-refractivity contribution is 6.42. The summed E-state index contributed by atoms with van der Waals surface area (Å²) in [6.45, 7) is 0.582. The fraction of sp³-hybridized carbons (Fsp3) is 0.250. The van der Waals surface area contributed by atoms with Gasteiger partial charge in [0.25, 0.3) is 0 Å². The van der Waals surface area contributed by atoms with Crippen molar-refractivity contribution in [3.63, 3.8) is 0 Å². The van der Waals surface area contributed by atoms with Gasteiger partial charge in [-0.15, -0.1) is 0 Å². The summed E-state index contributed by atoms with van der Waals surface area (Å²) in [4.78, 5) is 16.0. The van der Waals surface area contributed by atoms with E-state index in [0.29, 0.717) is 29.4 Å². The predicted octanol–water partition coefficient (Wildman–Crippen LogP) is 3.68. The molecule has 5 heteroatoms. The van der Waals surface area contributed by atoms with E-state index in [9.17, 15) is 4.79 Å². The van der Waals surface area contributed by atoms with Crippen LogP contribution in [0.2, 0.25) is 10.0 Å². The maximum absolute atomic E-state index is 11.8. The van der Waals surface area contributed by atoms with Gasteiger partial charge in [0.2, 0.25) is 5.91 Å². The van der Waals surface area contributed by atoms with Gasteiger partial charge in [0.15, 0.2) is 0 Å². The second-order valence-electron chi connectivity index (χ2n) is 4.63. The van der Waals surface area contributed by atoms with Crippen molar-refractivity contribution in [2.24, 2.45) is 0 Å². The summed E-state index contributed by atoms with van der Waals surface area (Å²) >= 11 is 12.0. The molecule has 0 atom stereocenters. The van der Waals surface area contributed by atoms with Crippen LogP contribution in [0.25, 0.3) is 0 Å². The Kier molecular flexibility index (Phi) is 6.03. The molecule has 2 aromatic rings. The summed E-state index contributed by atoms with van der Waals surface area (Å²) in [5.74, 6) is 0.00183. The van der Waals surface area contributed by atoms with Crippen molar-refractivity contribution in [2.75, 3.05) is 6.54 Å². The molecule has 0 spiro atoms. The molecule has 0 saturated carbocycles. The Bertz CT molecular complexity index is 602. The van der Waals surface area contributed by atoms with Crippen LogP contribution >= 0.6 is 23.2 Å². The molecule has 0 aliphatic carbocycles. The van der Waals surface area contributed by atoms with E-state index in [0.717, 1.165) is 17.7 Å². The molecular formula is C16H16Cl2N2O. The highest BCUT2D eigenvalue weighted by Crippen LogP contribution is 2.26. The van der Waals surface area contributed by atoms with Crippen molar-refractivity contribution in [1.82, 2.24) is 10.3 Å². The number of hydrogen-bond acceptors (Lipinski definition) is 2. The zero-order chi connectivity index (χ0) is 15.1. The number of aryl methyl sites for hydroxylation is 1. The minimum atomic E-state index is 0.00183. The van der Waals surface area contributed by atoms with E-state index in [2.05, 4.69) is 10.3 Å². The van der Waals surface area contributed by atoms with Crippen LogP contribution in [0.1, 0.15) is 17.7 Å². The highest BCUT2D eigenvalue weighted by Gasteiger charge is 2.07.